The third-order valence-corrected chi connectivity index (χ3v) is 2.55. The number of rotatable bonds is 2. The zero-order valence-electron chi connectivity index (χ0n) is 8.09. The molecule has 2 N–H and O–H groups in total. The fraction of sp³-hybridized carbons (Fsp3) is 0.750. The molecule has 1 heterocycles. The first-order valence-electron chi connectivity index (χ1n) is 4.34. The molecule has 1 fully saturated rings. The minimum absolute atomic E-state index is 0. The highest BCUT2D eigenvalue weighted by Gasteiger charge is 2.26. The molecule has 1 saturated carbocycles. The van der Waals surface area contributed by atoms with Crippen molar-refractivity contribution in [2.45, 2.75) is 25.3 Å². The summed E-state index contributed by atoms with van der Waals surface area (Å²) in [6.45, 7) is 0. The minimum Gasteiger partial charge on any atom is -0.328 e. The summed E-state index contributed by atoms with van der Waals surface area (Å²) in [7, 11) is 1.98. The van der Waals surface area contributed by atoms with Crippen LogP contribution in [0.15, 0.2) is 6.33 Å². The van der Waals surface area contributed by atoms with Crippen LogP contribution in [0, 0.1) is 5.92 Å². The van der Waals surface area contributed by atoms with E-state index >= 15 is 0 Å². The average molecular weight is 239 g/mol. The number of hydrogen-bond acceptors (Lipinski definition) is 3. The van der Waals surface area contributed by atoms with Crippen LogP contribution in [0.2, 0.25) is 0 Å². The fourth-order valence-corrected chi connectivity index (χ4v) is 1.70. The number of hydrogen-bond donors (Lipinski definition) is 1. The molecule has 0 atom stereocenters. The summed E-state index contributed by atoms with van der Waals surface area (Å²) in [5.74, 6) is 1.81. The van der Waals surface area contributed by atoms with Crippen LogP contribution in [0.3, 0.4) is 0 Å². The van der Waals surface area contributed by atoms with Gasteiger partial charge in [-0.15, -0.1) is 35.0 Å². The molecule has 1 aliphatic carbocycles. The normalized spacial score (nSPS) is 24.4. The molecule has 82 valence electrons. The van der Waals surface area contributed by atoms with Crippen LogP contribution >= 0.6 is 24.8 Å². The van der Waals surface area contributed by atoms with Gasteiger partial charge in [-0.25, -0.2) is 0 Å². The Bertz CT molecular complexity index is 270. The maximum Gasteiger partial charge on any atom is 0.132 e. The number of aromatic nitrogens is 3. The second-order valence-corrected chi connectivity index (χ2v) is 3.66. The predicted molar refractivity (Wildman–Crippen MR) is 59.9 cm³/mol. The maximum absolute atomic E-state index is 5.69. The standard InChI is InChI=1S/C8H14N4.2ClH/c1-12-5-10-11-8(12)4-6-2-7(9)3-6;;/h5-7H,2-4,9H2,1H3;2*1H. The van der Waals surface area contributed by atoms with Crippen LogP contribution in [0.25, 0.3) is 0 Å². The van der Waals surface area contributed by atoms with Gasteiger partial charge in [0.25, 0.3) is 0 Å². The Hall–Kier alpha value is -0.320. The second-order valence-electron chi connectivity index (χ2n) is 3.66. The Morgan fingerprint density at radius 3 is 2.57 bits per heavy atom. The van der Waals surface area contributed by atoms with E-state index in [0.29, 0.717) is 6.04 Å². The van der Waals surface area contributed by atoms with Crippen molar-refractivity contribution in [3.63, 3.8) is 0 Å². The van der Waals surface area contributed by atoms with Gasteiger partial charge in [-0.1, -0.05) is 0 Å². The van der Waals surface area contributed by atoms with E-state index in [2.05, 4.69) is 10.2 Å². The summed E-state index contributed by atoms with van der Waals surface area (Å²) >= 11 is 0. The first-order chi connectivity index (χ1) is 5.75. The van der Waals surface area contributed by atoms with E-state index in [9.17, 15) is 0 Å². The number of nitrogens with zero attached hydrogens (tertiary/aromatic N) is 3. The molecule has 6 heteroatoms. The van der Waals surface area contributed by atoms with Gasteiger partial charge in [0, 0.05) is 19.5 Å². The van der Waals surface area contributed by atoms with Crippen LogP contribution in [-0.4, -0.2) is 20.8 Å². The SMILES string of the molecule is Cl.Cl.Cn1cnnc1CC1CC(N)C1. The highest BCUT2D eigenvalue weighted by molar-refractivity contribution is 5.85. The van der Waals surface area contributed by atoms with Crippen LogP contribution < -0.4 is 5.73 Å². The van der Waals surface area contributed by atoms with Crippen molar-refractivity contribution in [1.29, 1.82) is 0 Å². The van der Waals surface area contributed by atoms with Gasteiger partial charge in [0.1, 0.15) is 12.2 Å². The highest BCUT2D eigenvalue weighted by atomic mass is 35.5. The first kappa shape index (κ1) is 13.7. The van der Waals surface area contributed by atoms with Gasteiger partial charge < -0.3 is 10.3 Å². The van der Waals surface area contributed by atoms with Crippen molar-refractivity contribution in [2.24, 2.45) is 18.7 Å². The Balaban J connectivity index is 0.000000845. The molecule has 1 aromatic heterocycles. The predicted octanol–water partition coefficient (Wildman–Crippen LogP) is 0.938. The van der Waals surface area contributed by atoms with E-state index in [1.165, 1.54) is 0 Å². The summed E-state index contributed by atoms with van der Waals surface area (Å²) in [6, 6.07) is 0.434. The fourth-order valence-electron chi connectivity index (χ4n) is 1.70. The van der Waals surface area contributed by atoms with E-state index in [0.717, 1.165) is 31.0 Å². The molecular weight excluding hydrogens is 223 g/mol. The zero-order chi connectivity index (χ0) is 8.55. The molecule has 0 aromatic carbocycles. The van der Waals surface area contributed by atoms with Gasteiger partial charge in [-0.3, -0.25) is 0 Å². The monoisotopic (exact) mass is 238 g/mol. The number of nitrogens with two attached hydrogens (primary N) is 1. The van der Waals surface area contributed by atoms with Crippen molar-refractivity contribution in [3.05, 3.63) is 12.2 Å². The van der Waals surface area contributed by atoms with Crippen molar-refractivity contribution in [1.82, 2.24) is 14.8 Å². The molecule has 1 aliphatic rings. The molecule has 2 rings (SSSR count). The summed E-state index contributed by atoms with van der Waals surface area (Å²) in [5, 5.41) is 7.87. The first-order valence-corrected chi connectivity index (χ1v) is 4.34. The van der Waals surface area contributed by atoms with Gasteiger partial charge in [0.05, 0.1) is 0 Å². The molecular formula is C8H16Cl2N4. The third kappa shape index (κ3) is 2.83. The van der Waals surface area contributed by atoms with Gasteiger partial charge in [0.15, 0.2) is 0 Å². The lowest BCUT2D eigenvalue weighted by Gasteiger charge is -2.31. The molecule has 0 amide bonds. The summed E-state index contributed by atoms with van der Waals surface area (Å²) in [6.07, 6.45) is 5.07. The lowest BCUT2D eigenvalue weighted by Crippen LogP contribution is -2.37. The second kappa shape index (κ2) is 5.53. The van der Waals surface area contributed by atoms with Crippen LogP contribution in [0.1, 0.15) is 18.7 Å². The summed E-state index contributed by atoms with van der Waals surface area (Å²) < 4.78 is 1.98. The Morgan fingerprint density at radius 2 is 2.14 bits per heavy atom. The molecule has 0 saturated heterocycles. The van der Waals surface area contributed by atoms with E-state index in [4.69, 9.17) is 5.73 Å². The van der Waals surface area contributed by atoms with Crippen molar-refractivity contribution in [2.75, 3.05) is 0 Å². The topological polar surface area (TPSA) is 56.7 Å². The summed E-state index contributed by atoms with van der Waals surface area (Å²) in [4.78, 5) is 0. The third-order valence-electron chi connectivity index (χ3n) is 2.55. The highest BCUT2D eigenvalue weighted by Crippen LogP contribution is 2.28. The smallest absolute Gasteiger partial charge is 0.132 e. The van der Waals surface area contributed by atoms with E-state index in [1.807, 2.05) is 11.6 Å². The van der Waals surface area contributed by atoms with Crippen LogP contribution in [0.5, 0.6) is 0 Å². The Labute approximate surface area is 96.1 Å². The van der Waals surface area contributed by atoms with Crippen molar-refractivity contribution < 1.29 is 0 Å². The van der Waals surface area contributed by atoms with Crippen molar-refractivity contribution >= 4 is 24.8 Å². The van der Waals surface area contributed by atoms with E-state index in [1.54, 1.807) is 6.33 Å². The number of halogens is 2. The quantitative estimate of drug-likeness (QED) is 0.835. The molecule has 1 aromatic rings. The maximum atomic E-state index is 5.69. The Kier molecular flexibility index (Phi) is 5.41. The van der Waals surface area contributed by atoms with Crippen molar-refractivity contribution in [3.8, 4) is 0 Å². The lowest BCUT2D eigenvalue weighted by atomic mass is 9.79. The molecule has 0 spiro atoms. The molecule has 14 heavy (non-hydrogen) atoms. The Morgan fingerprint density at radius 1 is 1.50 bits per heavy atom. The number of aryl methyl sites for hydroxylation is 1. The summed E-state index contributed by atoms with van der Waals surface area (Å²) in [5.41, 5.74) is 5.69. The van der Waals surface area contributed by atoms with Gasteiger partial charge >= 0.3 is 0 Å². The van der Waals surface area contributed by atoms with Gasteiger partial charge in [0.2, 0.25) is 0 Å². The van der Waals surface area contributed by atoms with E-state index < -0.39 is 0 Å². The average Bonchev–Trinajstić information content (AvgIpc) is 2.33. The minimum atomic E-state index is 0. The molecule has 4 nitrogen and oxygen atoms in total. The molecule has 0 bridgehead atoms. The van der Waals surface area contributed by atoms with E-state index in [-0.39, 0.29) is 24.8 Å². The van der Waals surface area contributed by atoms with Crippen LogP contribution in [0.4, 0.5) is 0 Å². The molecule has 0 aliphatic heterocycles. The largest absolute Gasteiger partial charge is 0.328 e. The zero-order valence-corrected chi connectivity index (χ0v) is 9.72. The van der Waals surface area contributed by atoms with Crippen LogP contribution in [-0.2, 0) is 13.5 Å². The molecule has 0 radical (unpaired) electrons. The van der Waals surface area contributed by atoms with Gasteiger partial charge in [-0.05, 0) is 18.8 Å². The lowest BCUT2D eigenvalue weighted by molar-refractivity contribution is 0.259. The molecule has 0 unspecified atom stereocenters. The van der Waals surface area contributed by atoms with Gasteiger partial charge in [-0.2, -0.15) is 0 Å².